The van der Waals surface area contributed by atoms with Crippen LogP contribution in [0.25, 0.3) is 0 Å². The highest BCUT2D eigenvalue weighted by Crippen LogP contribution is 2.32. The lowest BCUT2D eigenvalue weighted by molar-refractivity contribution is -0.136. The summed E-state index contributed by atoms with van der Waals surface area (Å²) in [5, 5.41) is 5.60. The number of amides is 3. The second-order valence-corrected chi connectivity index (χ2v) is 7.46. The number of fused-ring (bicyclic) bond motifs is 2. The minimum absolute atomic E-state index is 0.148. The number of benzene rings is 1. The highest BCUT2D eigenvalue weighted by molar-refractivity contribution is 6.06. The topological polar surface area (TPSA) is 108 Å². The first kappa shape index (κ1) is 17.6. The summed E-state index contributed by atoms with van der Waals surface area (Å²) in [4.78, 5) is 49.1. The Morgan fingerprint density at radius 3 is 2.97 bits per heavy atom. The zero-order valence-electron chi connectivity index (χ0n) is 15.7. The molecule has 148 valence electrons. The van der Waals surface area contributed by atoms with Gasteiger partial charge in [0.1, 0.15) is 12.4 Å². The molecule has 1 aromatic heterocycles. The molecule has 0 bridgehead atoms. The summed E-state index contributed by atoms with van der Waals surface area (Å²) in [7, 11) is 0. The fourth-order valence-electron chi connectivity index (χ4n) is 4.31. The van der Waals surface area contributed by atoms with E-state index < -0.39 is 11.9 Å². The van der Waals surface area contributed by atoms with Crippen molar-refractivity contribution in [2.75, 3.05) is 23.3 Å². The van der Waals surface area contributed by atoms with E-state index in [4.69, 9.17) is 0 Å². The molecule has 1 saturated heterocycles. The number of aromatic nitrogens is 2. The monoisotopic (exact) mass is 392 g/mol. The van der Waals surface area contributed by atoms with Gasteiger partial charge in [-0.05, 0) is 17.5 Å². The van der Waals surface area contributed by atoms with Crippen molar-refractivity contribution in [3.05, 3.63) is 47.4 Å². The average Bonchev–Trinajstić information content (AvgIpc) is 3.06. The molecule has 0 spiro atoms. The Bertz CT molecular complexity index is 1020. The molecule has 0 saturated carbocycles. The predicted molar refractivity (Wildman–Crippen MR) is 104 cm³/mol. The summed E-state index contributed by atoms with van der Waals surface area (Å²) in [5.74, 6) is -0.0343. The van der Waals surface area contributed by atoms with Crippen LogP contribution in [0, 0.1) is 0 Å². The predicted octanol–water partition coefficient (Wildman–Crippen LogP) is 0.670. The summed E-state index contributed by atoms with van der Waals surface area (Å²) in [5.41, 5.74) is 3.40. The van der Waals surface area contributed by atoms with Crippen LogP contribution in [0.15, 0.2) is 30.7 Å². The summed E-state index contributed by atoms with van der Waals surface area (Å²) >= 11 is 0. The number of carbonyl (C=O) groups excluding carboxylic acids is 3. The maximum absolute atomic E-state index is 13.2. The number of carbonyl (C=O) groups is 3. The second-order valence-electron chi connectivity index (χ2n) is 7.46. The molecular formula is C20H20N6O3. The Balaban J connectivity index is 1.43. The van der Waals surface area contributed by atoms with Crippen molar-refractivity contribution in [1.29, 1.82) is 0 Å². The van der Waals surface area contributed by atoms with Gasteiger partial charge in [0, 0.05) is 38.2 Å². The Hall–Kier alpha value is -3.49. The van der Waals surface area contributed by atoms with Crippen molar-refractivity contribution in [2.24, 2.45) is 0 Å². The summed E-state index contributed by atoms with van der Waals surface area (Å²) in [6.07, 6.45) is 3.90. The normalized spacial score (nSPS) is 20.8. The van der Waals surface area contributed by atoms with E-state index >= 15 is 0 Å². The van der Waals surface area contributed by atoms with Gasteiger partial charge in [-0.2, -0.15) is 0 Å². The summed E-state index contributed by atoms with van der Waals surface area (Å²) < 4.78 is 0. The van der Waals surface area contributed by atoms with Crippen LogP contribution in [-0.4, -0.2) is 51.7 Å². The van der Waals surface area contributed by atoms with Gasteiger partial charge in [-0.3, -0.25) is 19.7 Å². The SMILES string of the molecule is O=C1CCC(N2Cc3cccc(CN4CCNc5ncncc54)c3C2=O)C(=O)N1. The van der Waals surface area contributed by atoms with Gasteiger partial charge in [0.2, 0.25) is 11.8 Å². The molecule has 1 fully saturated rings. The first-order valence-corrected chi connectivity index (χ1v) is 9.66. The lowest BCUT2D eigenvalue weighted by Crippen LogP contribution is -2.52. The van der Waals surface area contributed by atoms with Crippen LogP contribution in [0.4, 0.5) is 11.5 Å². The maximum Gasteiger partial charge on any atom is 0.255 e. The van der Waals surface area contributed by atoms with Gasteiger partial charge in [-0.1, -0.05) is 18.2 Å². The van der Waals surface area contributed by atoms with E-state index in [2.05, 4.69) is 25.5 Å². The van der Waals surface area contributed by atoms with Gasteiger partial charge >= 0.3 is 0 Å². The first-order valence-electron chi connectivity index (χ1n) is 9.66. The Kier molecular flexibility index (Phi) is 4.15. The number of imide groups is 1. The number of anilines is 2. The van der Waals surface area contributed by atoms with Crippen LogP contribution in [0.1, 0.15) is 34.3 Å². The van der Waals surface area contributed by atoms with E-state index in [0.717, 1.165) is 35.7 Å². The van der Waals surface area contributed by atoms with E-state index in [0.29, 0.717) is 25.1 Å². The van der Waals surface area contributed by atoms with E-state index in [1.54, 1.807) is 11.1 Å². The zero-order valence-corrected chi connectivity index (χ0v) is 15.7. The minimum atomic E-state index is -0.603. The van der Waals surface area contributed by atoms with Crippen LogP contribution in [0.3, 0.4) is 0 Å². The smallest absolute Gasteiger partial charge is 0.255 e. The van der Waals surface area contributed by atoms with Gasteiger partial charge in [-0.15, -0.1) is 0 Å². The number of nitrogens with one attached hydrogen (secondary N) is 2. The standard InChI is InChI=1S/C20H20N6O3/c27-16-5-4-14(19(28)24-16)26-10-13-3-1-2-12(17(13)20(26)29)9-25-7-6-22-18-15(25)8-21-11-23-18/h1-3,8,11,14H,4-7,9-10H2,(H,21,22,23)(H,24,27,28). The van der Waals surface area contributed by atoms with Gasteiger partial charge in [0.15, 0.2) is 5.82 Å². The van der Waals surface area contributed by atoms with Gasteiger partial charge in [0.25, 0.3) is 5.91 Å². The molecule has 3 aliphatic rings. The molecule has 5 rings (SSSR count). The van der Waals surface area contributed by atoms with Crippen LogP contribution < -0.4 is 15.5 Å². The molecule has 29 heavy (non-hydrogen) atoms. The number of hydrogen-bond donors (Lipinski definition) is 2. The Morgan fingerprint density at radius 2 is 2.10 bits per heavy atom. The molecule has 4 heterocycles. The third-order valence-electron chi connectivity index (χ3n) is 5.71. The van der Waals surface area contributed by atoms with Gasteiger partial charge in [0.05, 0.1) is 11.9 Å². The summed E-state index contributed by atoms with van der Waals surface area (Å²) in [6.45, 7) is 2.47. The molecule has 0 radical (unpaired) electrons. The van der Waals surface area contributed by atoms with Gasteiger partial charge < -0.3 is 15.1 Å². The first-order chi connectivity index (χ1) is 14.1. The maximum atomic E-state index is 13.2. The lowest BCUT2D eigenvalue weighted by atomic mass is 10.0. The van der Waals surface area contributed by atoms with Crippen molar-refractivity contribution in [3.63, 3.8) is 0 Å². The fourth-order valence-corrected chi connectivity index (χ4v) is 4.31. The molecule has 3 aliphatic heterocycles. The van der Waals surface area contributed by atoms with E-state index in [1.165, 1.54) is 6.33 Å². The quantitative estimate of drug-likeness (QED) is 0.739. The largest absolute Gasteiger partial charge is 0.366 e. The van der Waals surface area contributed by atoms with Crippen LogP contribution in [-0.2, 0) is 22.7 Å². The third kappa shape index (κ3) is 2.98. The van der Waals surface area contributed by atoms with Crippen molar-refractivity contribution in [1.82, 2.24) is 20.2 Å². The molecule has 2 N–H and O–H groups in total. The highest BCUT2D eigenvalue weighted by Gasteiger charge is 2.40. The van der Waals surface area contributed by atoms with Gasteiger partial charge in [-0.25, -0.2) is 9.97 Å². The van der Waals surface area contributed by atoms with E-state index in [9.17, 15) is 14.4 Å². The van der Waals surface area contributed by atoms with Crippen molar-refractivity contribution < 1.29 is 14.4 Å². The molecule has 9 nitrogen and oxygen atoms in total. The molecule has 1 unspecified atom stereocenters. The molecule has 2 aromatic rings. The molecule has 3 amide bonds. The molecule has 1 atom stereocenters. The molecule has 9 heteroatoms. The van der Waals surface area contributed by atoms with Crippen LogP contribution in [0.5, 0.6) is 0 Å². The fraction of sp³-hybridized carbons (Fsp3) is 0.350. The third-order valence-corrected chi connectivity index (χ3v) is 5.71. The number of piperidine rings is 1. The van der Waals surface area contributed by atoms with Crippen molar-refractivity contribution in [2.45, 2.75) is 32.0 Å². The van der Waals surface area contributed by atoms with E-state index in [1.807, 2.05) is 18.2 Å². The second kappa shape index (κ2) is 6.84. The molecular weight excluding hydrogens is 372 g/mol. The summed E-state index contributed by atoms with van der Waals surface area (Å²) in [6, 6.07) is 5.22. The Labute approximate surface area is 167 Å². The van der Waals surface area contributed by atoms with Crippen molar-refractivity contribution in [3.8, 4) is 0 Å². The minimum Gasteiger partial charge on any atom is -0.366 e. The molecule has 0 aliphatic carbocycles. The number of nitrogens with zero attached hydrogens (tertiary/aromatic N) is 4. The average molecular weight is 392 g/mol. The highest BCUT2D eigenvalue weighted by atomic mass is 16.2. The van der Waals surface area contributed by atoms with Crippen LogP contribution >= 0.6 is 0 Å². The lowest BCUT2D eigenvalue weighted by Gasteiger charge is -2.31. The molecule has 1 aromatic carbocycles. The van der Waals surface area contributed by atoms with Crippen molar-refractivity contribution >= 4 is 29.2 Å². The number of hydrogen-bond acceptors (Lipinski definition) is 7. The van der Waals surface area contributed by atoms with E-state index in [-0.39, 0.29) is 18.2 Å². The van der Waals surface area contributed by atoms with Crippen LogP contribution in [0.2, 0.25) is 0 Å². The number of rotatable bonds is 3. The zero-order chi connectivity index (χ0) is 20.0. The Morgan fingerprint density at radius 1 is 1.21 bits per heavy atom.